The molecule has 238 valence electrons. The quantitative estimate of drug-likeness (QED) is 0.126. The average Bonchev–Trinajstić information content (AvgIpc) is 3.64. The number of hydrogen-bond acceptors (Lipinski definition) is 7. The van der Waals surface area contributed by atoms with Crippen molar-refractivity contribution in [2.24, 2.45) is 7.05 Å². The monoisotopic (exact) mass is 654 g/mol. The maximum absolute atomic E-state index is 13.6. The SMILES string of the molecule is Cc1ccccc1NC(=O)c1cc(Oc2c(CSc3nn(C)n[n+]3-c3ccccc3)c(C)nn2-c2ccccc2)c2ccccc2c1O. The fraction of sp³-hybridized carbons (Fsp3) is 0.108. The number of benzene rings is 5. The summed E-state index contributed by atoms with van der Waals surface area (Å²) in [4.78, 5) is 15.2. The second kappa shape index (κ2) is 13.0. The topological polar surface area (TPSA) is 111 Å². The molecule has 7 rings (SSSR count). The first-order valence-corrected chi connectivity index (χ1v) is 16.3. The maximum Gasteiger partial charge on any atom is 0.363 e. The molecular formula is C37H32N7O3S+. The zero-order valence-corrected chi connectivity index (χ0v) is 27.3. The van der Waals surface area contributed by atoms with Crippen molar-refractivity contribution in [1.82, 2.24) is 24.9 Å². The molecule has 11 heteroatoms. The van der Waals surface area contributed by atoms with Crippen molar-refractivity contribution in [3.8, 4) is 28.8 Å². The van der Waals surface area contributed by atoms with Crippen LogP contribution in [0.3, 0.4) is 0 Å². The van der Waals surface area contributed by atoms with Crippen molar-refractivity contribution in [2.45, 2.75) is 24.8 Å². The van der Waals surface area contributed by atoms with Gasteiger partial charge in [0.25, 0.3) is 5.91 Å². The van der Waals surface area contributed by atoms with Gasteiger partial charge in [0.1, 0.15) is 24.2 Å². The molecule has 0 saturated heterocycles. The summed E-state index contributed by atoms with van der Waals surface area (Å²) >= 11 is 1.51. The van der Waals surface area contributed by atoms with Gasteiger partial charge in [-0.2, -0.15) is 5.10 Å². The Bertz CT molecular complexity index is 2270. The van der Waals surface area contributed by atoms with Crippen molar-refractivity contribution in [3.05, 3.63) is 138 Å². The fourth-order valence-corrected chi connectivity index (χ4v) is 6.50. The minimum atomic E-state index is -0.450. The van der Waals surface area contributed by atoms with Crippen LogP contribution in [0.5, 0.6) is 17.4 Å². The Labute approximate surface area is 281 Å². The van der Waals surface area contributed by atoms with Crippen LogP contribution in [0.15, 0.2) is 120 Å². The Morgan fingerprint density at radius 1 is 0.875 bits per heavy atom. The number of anilines is 1. The van der Waals surface area contributed by atoms with Crippen LogP contribution in [-0.4, -0.2) is 35.9 Å². The predicted octanol–water partition coefficient (Wildman–Crippen LogP) is 7.09. The van der Waals surface area contributed by atoms with Crippen LogP contribution in [0.1, 0.15) is 27.2 Å². The molecule has 0 spiro atoms. The number of tetrazole rings is 1. The average molecular weight is 655 g/mol. The standard InChI is InChI=1S/C37H31N7O3S/c1-24-14-10-13-21-32(24)38-35(46)30-22-33(28-19-11-12-20-29(28)34(30)45)47-36-31(25(2)39-43(36)26-15-6-4-7-16-26)23-48-37-40-42(3)41-44(37)27-17-8-5-9-18-27/h4-22H,23H2,1-3H3,(H-,38,45,46)/p+1. The summed E-state index contributed by atoms with van der Waals surface area (Å²) in [6, 6.07) is 36.0. The first-order valence-electron chi connectivity index (χ1n) is 15.3. The lowest BCUT2D eigenvalue weighted by atomic mass is 10.0. The Hall–Kier alpha value is -5.94. The van der Waals surface area contributed by atoms with Gasteiger partial charge in [0.15, 0.2) is 0 Å². The summed E-state index contributed by atoms with van der Waals surface area (Å²) in [5, 5.41) is 30.2. The summed E-state index contributed by atoms with van der Waals surface area (Å²) in [5.74, 6) is 0.786. The highest BCUT2D eigenvalue weighted by Gasteiger charge is 2.26. The van der Waals surface area contributed by atoms with Gasteiger partial charge in [-0.15, -0.1) is 0 Å². The number of aromatic hydroxyl groups is 1. The predicted molar refractivity (Wildman–Crippen MR) is 185 cm³/mol. The van der Waals surface area contributed by atoms with Crippen LogP contribution in [0.25, 0.3) is 22.1 Å². The number of fused-ring (bicyclic) bond motifs is 1. The van der Waals surface area contributed by atoms with Gasteiger partial charge in [-0.25, -0.2) is 4.68 Å². The van der Waals surface area contributed by atoms with E-state index in [9.17, 15) is 9.90 Å². The third-order valence-corrected chi connectivity index (χ3v) is 8.88. The zero-order chi connectivity index (χ0) is 33.2. The van der Waals surface area contributed by atoms with E-state index in [-0.39, 0.29) is 11.3 Å². The number of para-hydroxylation sites is 3. The molecule has 0 radical (unpaired) electrons. The lowest BCUT2D eigenvalue weighted by Crippen LogP contribution is -2.35. The number of nitrogens with zero attached hydrogens (tertiary/aromatic N) is 6. The minimum Gasteiger partial charge on any atom is -0.506 e. The normalized spacial score (nSPS) is 11.1. The highest BCUT2D eigenvalue weighted by atomic mass is 32.2. The minimum absolute atomic E-state index is 0.0915. The molecule has 0 saturated carbocycles. The number of rotatable bonds is 9. The van der Waals surface area contributed by atoms with Gasteiger partial charge in [0.2, 0.25) is 5.88 Å². The first-order chi connectivity index (χ1) is 23.4. The number of amides is 1. The molecule has 0 bridgehead atoms. The molecule has 2 aromatic heterocycles. The number of aryl methyl sites for hydroxylation is 3. The number of phenols is 1. The van der Waals surface area contributed by atoms with Crippen LogP contribution in [-0.2, 0) is 12.8 Å². The van der Waals surface area contributed by atoms with Gasteiger partial charge in [-0.05, 0) is 72.4 Å². The number of phenolic OH excluding ortho intramolecular Hbond substituents is 1. The maximum atomic E-state index is 13.6. The summed E-state index contributed by atoms with van der Waals surface area (Å²) in [6.07, 6.45) is 0. The fourth-order valence-electron chi connectivity index (χ4n) is 5.46. The van der Waals surface area contributed by atoms with E-state index in [1.165, 1.54) is 11.8 Å². The molecule has 48 heavy (non-hydrogen) atoms. The van der Waals surface area contributed by atoms with Gasteiger partial charge in [0, 0.05) is 27.8 Å². The molecule has 1 amide bonds. The summed E-state index contributed by atoms with van der Waals surface area (Å²) in [7, 11) is 1.79. The van der Waals surface area contributed by atoms with Crippen LogP contribution in [0.4, 0.5) is 5.69 Å². The third-order valence-electron chi connectivity index (χ3n) is 7.94. The molecular weight excluding hydrogens is 623 g/mol. The van der Waals surface area contributed by atoms with E-state index in [1.54, 1.807) is 33.3 Å². The second-order valence-electron chi connectivity index (χ2n) is 11.2. The van der Waals surface area contributed by atoms with Gasteiger partial charge in [-0.1, -0.05) is 83.5 Å². The number of ether oxygens (including phenoxy) is 1. The first kappa shape index (κ1) is 30.7. The molecule has 0 atom stereocenters. The highest BCUT2D eigenvalue weighted by molar-refractivity contribution is 7.98. The Balaban J connectivity index is 1.31. The largest absolute Gasteiger partial charge is 0.506 e. The molecule has 2 N–H and O–H groups in total. The second-order valence-corrected chi connectivity index (χ2v) is 12.1. The Morgan fingerprint density at radius 2 is 1.54 bits per heavy atom. The van der Waals surface area contributed by atoms with E-state index in [4.69, 9.17) is 9.84 Å². The molecule has 2 heterocycles. The van der Waals surface area contributed by atoms with Gasteiger partial charge in [0.05, 0.1) is 27.3 Å². The number of aromatic nitrogens is 6. The van der Waals surface area contributed by atoms with Crippen LogP contribution in [0.2, 0.25) is 0 Å². The molecule has 7 aromatic rings. The van der Waals surface area contributed by atoms with Crippen LogP contribution < -0.4 is 14.7 Å². The zero-order valence-electron chi connectivity index (χ0n) is 26.5. The van der Waals surface area contributed by atoms with E-state index < -0.39 is 5.91 Å². The van der Waals surface area contributed by atoms with E-state index in [0.717, 1.165) is 28.2 Å². The lowest BCUT2D eigenvalue weighted by Gasteiger charge is -2.16. The summed E-state index contributed by atoms with van der Waals surface area (Å²) < 4.78 is 10.4. The molecule has 0 aliphatic rings. The molecule has 0 aliphatic carbocycles. The summed E-state index contributed by atoms with van der Waals surface area (Å²) in [6.45, 7) is 3.86. The molecule has 0 unspecified atom stereocenters. The van der Waals surface area contributed by atoms with Crippen molar-refractivity contribution < 1.29 is 19.3 Å². The lowest BCUT2D eigenvalue weighted by molar-refractivity contribution is -0.698. The smallest absolute Gasteiger partial charge is 0.363 e. The third kappa shape index (κ3) is 5.98. The number of hydrogen-bond donors (Lipinski definition) is 2. The van der Waals surface area contributed by atoms with Crippen molar-refractivity contribution in [1.29, 1.82) is 0 Å². The number of carbonyl (C=O) groups excluding carboxylic acids is 1. The van der Waals surface area contributed by atoms with E-state index in [0.29, 0.717) is 39.0 Å². The molecule has 0 aliphatic heterocycles. The van der Waals surface area contributed by atoms with Gasteiger partial charge >= 0.3 is 5.16 Å². The van der Waals surface area contributed by atoms with Crippen molar-refractivity contribution >= 4 is 34.1 Å². The van der Waals surface area contributed by atoms with E-state index >= 15 is 0 Å². The van der Waals surface area contributed by atoms with Crippen molar-refractivity contribution in [2.75, 3.05) is 5.32 Å². The van der Waals surface area contributed by atoms with Crippen LogP contribution >= 0.6 is 11.8 Å². The Kier molecular flexibility index (Phi) is 8.35. The van der Waals surface area contributed by atoms with Gasteiger partial charge in [-0.3, -0.25) is 4.79 Å². The number of thioether (sulfide) groups is 1. The van der Waals surface area contributed by atoms with Crippen molar-refractivity contribution in [3.63, 3.8) is 0 Å². The van der Waals surface area contributed by atoms with E-state index in [2.05, 4.69) is 15.6 Å². The van der Waals surface area contributed by atoms with Gasteiger partial charge < -0.3 is 15.2 Å². The molecule has 0 fully saturated rings. The number of carbonyl (C=O) groups is 1. The molecule has 5 aromatic carbocycles. The highest BCUT2D eigenvalue weighted by Crippen LogP contribution is 2.41. The Morgan fingerprint density at radius 3 is 2.29 bits per heavy atom. The van der Waals surface area contributed by atoms with Crippen LogP contribution in [0, 0.1) is 13.8 Å². The summed E-state index contributed by atoms with van der Waals surface area (Å²) in [5.41, 5.74) is 4.98. The number of nitrogens with one attached hydrogen (secondary N) is 1. The van der Waals surface area contributed by atoms with E-state index in [1.807, 2.05) is 117 Å². The molecule has 10 nitrogen and oxygen atoms in total.